The van der Waals surface area contributed by atoms with Gasteiger partial charge in [0.1, 0.15) is 11.4 Å². The third-order valence-electron chi connectivity index (χ3n) is 4.42. The Balaban J connectivity index is 1.72. The van der Waals surface area contributed by atoms with E-state index in [4.69, 9.17) is 16.3 Å². The Labute approximate surface area is 173 Å². The van der Waals surface area contributed by atoms with Gasteiger partial charge in [-0.05, 0) is 42.0 Å². The van der Waals surface area contributed by atoms with Crippen molar-refractivity contribution in [2.24, 2.45) is 4.99 Å². The number of carbonyl (C=O) groups is 1. The molecule has 0 bridgehead atoms. The topological polar surface area (TPSA) is 53.9 Å². The van der Waals surface area contributed by atoms with E-state index in [1.807, 2.05) is 72.8 Å². The lowest BCUT2D eigenvalue weighted by Crippen LogP contribution is -2.37. The second kappa shape index (κ2) is 8.20. The van der Waals surface area contributed by atoms with Gasteiger partial charge >= 0.3 is 0 Å². The predicted octanol–water partition coefficient (Wildman–Crippen LogP) is 5.01. The molecule has 0 aromatic heterocycles. The van der Waals surface area contributed by atoms with Gasteiger partial charge in [0.15, 0.2) is 5.84 Å². The van der Waals surface area contributed by atoms with Crippen molar-refractivity contribution in [1.29, 1.82) is 0 Å². The maximum atomic E-state index is 13.1. The van der Waals surface area contributed by atoms with Gasteiger partial charge in [-0.1, -0.05) is 60.1 Å². The van der Waals surface area contributed by atoms with Crippen LogP contribution in [-0.2, 0) is 4.79 Å². The highest BCUT2D eigenvalue weighted by Crippen LogP contribution is 2.26. The number of aliphatic imine (C=N–C) groups is 1. The van der Waals surface area contributed by atoms with Crippen molar-refractivity contribution in [2.75, 3.05) is 12.5 Å². The quantitative estimate of drug-likeness (QED) is 0.609. The van der Waals surface area contributed by atoms with Gasteiger partial charge in [-0.25, -0.2) is 4.99 Å². The van der Waals surface area contributed by atoms with Crippen LogP contribution in [-0.4, -0.2) is 23.9 Å². The summed E-state index contributed by atoms with van der Waals surface area (Å²) in [5.74, 6) is 0.990. The van der Waals surface area contributed by atoms with Crippen LogP contribution < -0.4 is 10.2 Å². The molecule has 29 heavy (non-hydrogen) atoms. The molecule has 0 saturated heterocycles. The molecule has 1 aliphatic heterocycles. The molecule has 0 spiro atoms. The fraction of sp³-hybridized carbons (Fsp3) is 0.0435. The molecule has 3 aromatic carbocycles. The molecule has 6 heteroatoms. The number of amidine groups is 1. The maximum absolute atomic E-state index is 13.1. The molecule has 0 saturated carbocycles. The molecule has 144 valence electrons. The number of carbonyl (C=O) groups excluding carboxylic acids is 1. The minimum absolute atomic E-state index is 0.264. The third-order valence-corrected chi connectivity index (χ3v) is 4.76. The van der Waals surface area contributed by atoms with Crippen molar-refractivity contribution in [1.82, 2.24) is 5.01 Å². The number of nitrogens with one attached hydrogen (secondary N) is 1. The summed E-state index contributed by atoms with van der Waals surface area (Å²) in [5.41, 5.74) is 5.75. The Morgan fingerprint density at radius 3 is 2.34 bits per heavy atom. The molecule has 0 fully saturated rings. The largest absolute Gasteiger partial charge is 0.497 e. The van der Waals surface area contributed by atoms with Crippen LogP contribution in [0.25, 0.3) is 6.08 Å². The molecule has 1 amide bonds. The first kappa shape index (κ1) is 18.8. The Hall–Kier alpha value is -3.57. The number of methoxy groups -OCH3 is 1. The lowest BCUT2D eigenvalue weighted by molar-refractivity contribution is -0.121. The molecular weight excluding hydrogens is 386 g/mol. The van der Waals surface area contributed by atoms with Crippen molar-refractivity contribution in [3.63, 3.8) is 0 Å². The van der Waals surface area contributed by atoms with E-state index >= 15 is 0 Å². The Bertz CT molecular complexity index is 1090. The first-order valence-electron chi connectivity index (χ1n) is 9.01. The lowest BCUT2D eigenvalue weighted by atomic mass is 10.2. The number of anilines is 1. The molecule has 0 aliphatic carbocycles. The van der Waals surface area contributed by atoms with E-state index < -0.39 is 0 Å². The van der Waals surface area contributed by atoms with Crippen LogP contribution >= 0.6 is 11.6 Å². The standard InChI is InChI=1S/C23H18ClN3O2/c1-29-19-13-11-18(12-14-19)26-27-22(16-7-3-2-4-8-16)25-21(23(27)28)15-17-9-5-6-10-20(17)24/h2-15,26H,1H3/b21-15-. The summed E-state index contributed by atoms with van der Waals surface area (Å²) in [6.07, 6.45) is 1.70. The van der Waals surface area contributed by atoms with Gasteiger partial charge in [0.25, 0.3) is 5.91 Å². The number of ether oxygens (including phenoxy) is 1. The molecule has 1 N–H and O–H groups in total. The second-order valence-electron chi connectivity index (χ2n) is 6.33. The zero-order valence-electron chi connectivity index (χ0n) is 15.7. The van der Waals surface area contributed by atoms with E-state index in [1.165, 1.54) is 5.01 Å². The summed E-state index contributed by atoms with van der Waals surface area (Å²) in [6, 6.07) is 24.2. The fourth-order valence-electron chi connectivity index (χ4n) is 2.94. The number of benzene rings is 3. The van der Waals surface area contributed by atoms with Crippen LogP contribution in [0.15, 0.2) is 89.6 Å². The van der Waals surface area contributed by atoms with Crippen LogP contribution in [0, 0.1) is 0 Å². The SMILES string of the molecule is COc1ccc(NN2C(=O)/C(=C/c3ccccc3Cl)N=C2c2ccccc2)cc1. The monoisotopic (exact) mass is 403 g/mol. The minimum Gasteiger partial charge on any atom is -0.497 e. The van der Waals surface area contributed by atoms with E-state index in [2.05, 4.69) is 10.4 Å². The number of hydrogen-bond acceptors (Lipinski definition) is 4. The first-order valence-corrected chi connectivity index (χ1v) is 9.39. The van der Waals surface area contributed by atoms with Crippen molar-refractivity contribution in [3.05, 3.63) is 101 Å². The van der Waals surface area contributed by atoms with E-state index in [0.717, 1.165) is 22.6 Å². The fourth-order valence-corrected chi connectivity index (χ4v) is 3.13. The molecule has 1 aliphatic rings. The summed E-state index contributed by atoms with van der Waals surface area (Å²) in [5, 5.41) is 2.01. The average molecular weight is 404 g/mol. The van der Waals surface area contributed by atoms with Gasteiger partial charge in [0.05, 0.1) is 12.8 Å². The average Bonchev–Trinajstić information content (AvgIpc) is 3.06. The van der Waals surface area contributed by atoms with Gasteiger partial charge < -0.3 is 4.74 Å². The Morgan fingerprint density at radius 2 is 1.66 bits per heavy atom. The molecule has 4 rings (SSSR count). The molecule has 1 heterocycles. The van der Waals surface area contributed by atoms with Crippen LogP contribution in [0.2, 0.25) is 5.02 Å². The van der Waals surface area contributed by atoms with Gasteiger partial charge in [-0.2, -0.15) is 5.01 Å². The zero-order valence-corrected chi connectivity index (χ0v) is 16.4. The summed E-state index contributed by atoms with van der Waals surface area (Å²) in [6.45, 7) is 0. The van der Waals surface area contributed by atoms with E-state index in [0.29, 0.717) is 16.6 Å². The molecule has 5 nitrogen and oxygen atoms in total. The normalized spacial score (nSPS) is 14.8. The van der Waals surface area contributed by atoms with Crippen molar-refractivity contribution in [2.45, 2.75) is 0 Å². The van der Waals surface area contributed by atoms with Crippen LogP contribution in [0.4, 0.5) is 5.69 Å². The molecule has 0 unspecified atom stereocenters. The first-order chi connectivity index (χ1) is 14.2. The Morgan fingerprint density at radius 1 is 0.966 bits per heavy atom. The summed E-state index contributed by atoms with van der Waals surface area (Å²) < 4.78 is 5.19. The highest BCUT2D eigenvalue weighted by Gasteiger charge is 2.31. The second-order valence-corrected chi connectivity index (χ2v) is 6.74. The van der Waals surface area contributed by atoms with Crippen LogP contribution in [0.1, 0.15) is 11.1 Å². The van der Waals surface area contributed by atoms with E-state index in [1.54, 1.807) is 19.3 Å². The smallest absolute Gasteiger partial charge is 0.297 e. The summed E-state index contributed by atoms with van der Waals surface area (Å²) in [7, 11) is 1.61. The Kier molecular flexibility index (Phi) is 5.31. The van der Waals surface area contributed by atoms with Gasteiger partial charge in [0.2, 0.25) is 0 Å². The van der Waals surface area contributed by atoms with Crippen molar-refractivity contribution in [3.8, 4) is 5.75 Å². The molecule has 3 aromatic rings. The number of halogens is 1. The molecule has 0 atom stereocenters. The van der Waals surface area contributed by atoms with Crippen LogP contribution in [0.3, 0.4) is 0 Å². The van der Waals surface area contributed by atoms with Gasteiger partial charge in [0, 0.05) is 10.6 Å². The third kappa shape index (κ3) is 4.00. The zero-order chi connectivity index (χ0) is 20.2. The molecular formula is C23H18ClN3O2. The maximum Gasteiger partial charge on any atom is 0.297 e. The highest BCUT2D eigenvalue weighted by atomic mass is 35.5. The van der Waals surface area contributed by atoms with Crippen molar-refractivity contribution >= 4 is 35.1 Å². The van der Waals surface area contributed by atoms with E-state index in [9.17, 15) is 4.79 Å². The summed E-state index contributed by atoms with van der Waals surface area (Å²) in [4.78, 5) is 17.7. The molecule has 0 radical (unpaired) electrons. The highest BCUT2D eigenvalue weighted by molar-refractivity contribution is 6.32. The van der Waals surface area contributed by atoms with Gasteiger partial charge in [-0.15, -0.1) is 0 Å². The van der Waals surface area contributed by atoms with E-state index in [-0.39, 0.29) is 5.91 Å². The van der Waals surface area contributed by atoms with Gasteiger partial charge in [-0.3, -0.25) is 10.2 Å². The van der Waals surface area contributed by atoms with Crippen LogP contribution in [0.5, 0.6) is 5.75 Å². The predicted molar refractivity (Wildman–Crippen MR) is 116 cm³/mol. The minimum atomic E-state index is -0.264. The number of amides is 1. The number of hydrazine groups is 1. The number of rotatable bonds is 5. The number of hydrogen-bond donors (Lipinski definition) is 1. The summed E-state index contributed by atoms with van der Waals surface area (Å²) >= 11 is 6.25. The lowest BCUT2D eigenvalue weighted by Gasteiger charge is -2.20. The van der Waals surface area contributed by atoms with Crippen molar-refractivity contribution < 1.29 is 9.53 Å². The number of nitrogens with zero attached hydrogens (tertiary/aromatic N) is 2.